The fourth-order valence-electron chi connectivity index (χ4n) is 4.75. The maximum Gasteiger partial charge on any atom is 0.347 e. The summed E-state index contributed by atoms with van der Waals surface area (Å²) in [6.07, 6.45) is 2.78. The number of carbonyl (C=O) groups is 2. The van der Waals surface area contributed by atoms with Crippen LogP contribution in [0, 0.1) is 6.92 Å². The van der Waals surface area contributed by atoms with Gasteiger partial charge in [0.15, 0.2) is 5.60 Å². The van der Waals surface area contributed by atoms with E-state index in [1.54, 1.807) is 13.8 Å². The van der Waals surface area contributed by atoms with Crippen molar-refractivity contribution in [3.63, 3.8) is 0 Å². The number of carbonyl (C=O) groups excluding carboxylic acids is 1. The Balaban J connectivity index is 1.29. The van der Waals surface area contributed by atoms with Gasteiger partial charge in [0.25, 0.3) is 0 Å². The molecule has 37 heavy (non-hydrogen) atoms. The second-order valence-electron chi connectivity index (χ2n) is 10.4. The molecule has 0 bridgehead atoms. The summed E-state index contributed by atoms with van der Waals surface area (Å²) < 4.78 is 5.70. The molecule has 3 aromatic rings. The van der Waals surface area contributed by atoms with Crippen LogP contribution in [0.1, 0.15) is 43.4 Å². The zero-order chi connectivity index (χ0) is 26.6. The van der Waals surface area contributed by atoms with E-state index in [2.05, 4.69) is 42.5 Å². The molecule has 0 aliphatic carbocycles. The highest BCUT2D eigenvalue weighted by atomic mass is 16.5. The van der Waals surface area contributed by atoms with E-state index in [9.17, 15) is 14.7 Å². The van der Waals surface area contributed by atoms with Gasteiger partial charge in [-0.2, -0.15) is 0 Å². The van der Waals surface area contributed by atoms with E-state index in [0.29, 0.717) is 12.3 Å². The van der Waals surface area contributed by atoms with Crippen molar-refractivity contribution < 1.29 is 19.4 Å². The standard InChI is InChI=1S/C31H36N2O4/c1-22-19-23(15-18-28(22)37-31(2,3)29(34)35)9-8-12-27-21-33(30(36)32(27)4)20-24-13-16-26(17-14-24)25-10-6-5-7-11-25/h5-7,10-11,13-19,27H,8-9,12,20-21H2,1-4H3,(H,34,35). The number of carboxylic acids is 1. The van der Waals surface area contributed by atoms with Crippen molar-refractivity contribution in [3.8, 4) is 16.9 Å². The van der Waals surface area contributed by atoms with Crippen molar-refractivity contribution in [2.75, 3.05) is 13.6 Å². The van der Waals surface area contributed by atoms with E-state index >= 15 is 0 Å². The van der Waals surface area contributed by atoms with Crippen LogP contribution in [-0.2, 0) is 17.8 Å². The van der Waals surface area contributed by atoms with Crippen LogP contribution in [0.5, 0.6) is 5.75 Å². The molecule has 4 rings (SSSR count). The molecule has 1 N–H and O–H groups in total. The van der Waals surface area contributed by atoms with E-state index in [1.165, 1.54) is 16.7 Å². The number of hydrogen-bond donors (Lipinski definition) is 1. The van der Waals surface area contributed by atoms with Gasteiger partial charge in [-0.25, -0.2) is 9.59 Å². The van der Waals surface area contributed by atoms with Gasteiger partial charge in [0.2, 0.25) is 0 Å². The molecule has 0 radical (unpaired) electrons. The predicted molar refractivity (Wildman–Crippen MR) is 146 cm³/mol. The van der Waals surface area contributed by atoms with Gasteiger partial charge in [0, 0.05) is 20.1 Å². The molecule has 1 atom stereocenters. The number of amides is 2. The summed E-state index contributed by atoms with van der Waals surface area (Å²) in [6, 6.07) is 24.9. The van der Waals surface area contributed by atoms with Crippen LogP contribution in [0.25, 0.3) is 11.1 Å². The van der Waals surface area contributed by atoms with Crippen molar-refractivity contribution >= 4 is 12.0 Å². The first-order chi connectivity index (χ1) is 17.6. The lowest BCUT2D eigenvalue weighted by Crippen LogP contribution is -2.38. The van der Waals surface area contributed by atoms with Gasteiger partial charge in [-0.3, -0.25) is 0 Å². The van der Waals surface area contributed by atoms with Crippen LogP contribution in [0.4, 0.5) is 4.79 Å². The van der Waals surface area contributed by atoms with Crippen molar-refractivity contribution in [1.82, 2.24) is 9.80 Å². The largest absolute Gasteiger partial charge is 0.478 e. The van der Waals surface area contributed by atoms with Crippen LogP contribution in [-0.4, -0.2) is 52.1 Å². The van der Waals surface area contributed by atoms with Crippen LogP contribution >= 0.6 is 0 Å². The fourth-order valence-corrected chi connectivity index (χ4v) is 4.75. The number of likely N-dealkylation sites (N-methyl/N-ethyl adjacent to an activating group) is 1. The highest BCUT2D eigenvalue weighted by Gasteiger charge is 2.34. The number of ether oxygens (including phenoxy) is 1. The number of carboxylic acid groups (broad SMARTS) is 1. The minimum Gasteiger partial charge on any atom is -0.478 e. The average molecular weight is 501 g/mol. The van der Waals surface area contributed by atoms with E-state index in [1.807, 2.05) is 54.1 Å². The Morgan fingerprint density at radius 2 is 1.65 bits per heavy atom. The van der Waals surface area contributed by atoms with Crippen LogP contribution in [0.3, 0.4) is 0 Å². The molecule has 1 saturated heterocycles. The molecule has 0 spiro atoms. The van der Waals surface area contributed by atoms with Gasteiger partial charge >= 0.3 is 12.0 Å². The molecule has 3 aromatic carbocycles. The summed E-state index contributed by atoms with van der Waals surface area (Å²) in [6.45, 7) is 6.37. The molecule has 1 heterocycles. The fraction of sp³-hybridized carbons (Fsp3) is 0.355. The van der Waals surface area contributed by atoms with Gasteiger partial charge in [-0.1, -0.05) is 66.7 Å². The average Bonchev–Trinajstić information content (AvgIpc) is 3.14. The first-order valence-electron chi connectivity index (χ1n) is 12.8. The number of urea groups is 1. The third-order valence-corrected chi connectivity index (χ3v) is 7.11. The Morgan fingerprint density at radius 1 is 1.00 bits per heavy atom. The van der Waals surface area contributed by atoms with Gasteiger partial charge in [-0.05, 0) is 73.9 Å². The second kappa shape index (κ2) is 11.1. The van der Waals surface area contributed by atoms with E-state index in [-0.39, 0.29) is 12.1 Å². The van der Waals surface area contributed by atoms with E-state index < -0.39 is 11.6 Å². The topological polar surface area (TPSA) is 70.1 Å². The number of aliphatic carboxylic acids is 1. The number of rotatable bonds is 10. The molecule has 0 saturated carbocycles. The zero-order valence-corrected chi connectivity index (χ0v) is 22.1. The first-order valence-corrected chi connectivity index (χ1v) is 12.8. The third kappa shape index (κ3) is 6.31. The number of hydrogen-bond acceptors (Lipinski definition) is 3. The summed E-state index contributed by atoms with van der Waals surface area (Å²) in [4.78, 5) is 28.0. The van der Waals surface area contributed by atoms with Crippen molar-refractivity contribution in [2.45, 2.75) is 58.2 Å². The molecule has 2 amide bonds. The molecule has 1 fully saturated rings. The number of aryl methyl sites for hydroxylation is 2. The third-order valence-electron chi connectivity index (χ3n) is 7.11. The van der Waals surface area contributed by atoms with Crippen molar-refractivity contribution in [3.05, 3.63) is 89.5 Å². The monoisotopic (exact) mass is 500 g/mol. The maximum atomic E-state index is 12.9. The molecule has 0 aromatic heterocycles. The zero-order valence-electron chi connectivity index (χ0n) is 22.1. The quantitative estimate of drug-likeness (QED) is 0.362. The minimum absolute atomic E-state index is 0.0792. The predicted octanol–water partition coefficient (Wildman–Crippen LogP) is 6.16. The minimum atomic E-state index is -1.28. The van der Waals surface area contributed by atoms with E-state index in [0.717, 1.165) is 36.9 Å². The molecule has 1 aliphatic rings. The van der Waals surface area contributed by atoms with Crippen molar-refractivity contribution in [2.24, 2.45) is 0 Å². The highest BCUT2D eigenvalue weighted by Crippen LogP contribution is 2.26. The highest BCUT2D eigenvalue weighted by molar-refractivity contribution is 5.77. The Hall–Kier alpha value is -3.80. The smallest absolute Gasteiger partial charge is 0.347 e. The molecule has 1 unspecified atom stereocenters. The van der Waals surface area contributed by atoms with E-state index in [4.69, 9.17) is 4.74 Å². The summed E-state index contributed by atoms with van der Waals surface area (Å²) in [5.74, 6) is -0.408. The second-order valence-corrected chi connectivity index (χ2v) is 10.4. The Bertz CT molecular complexity index is 1240. The van der Waals surface area contributed by atoms with Crippen LogP contribution in [0.2, 0.25) is 0 Å². The molecule has 6 heteroatoms. The Morgan fingerprint density at radius 3 is 2.30 bits per heavy atom. The van der Waals surface area contributed by atoms with Crippen LogP contribution in [0.15, 0.2) is 72.8 Å². The molecular formula is C31H36N2O4. The summed E-state index contributed by atoms with van der Waals surface area (Å²) >= 11 is 0. The summed E-state index contributed by atoms with van der Waals surface area (Å²) in [5, 5.41) is 9.31. The Labute approximate surface area is 219 Å². The Kier molecular flexibility index (Phi) is 7.86. The molecular weight excluding hydrogens is 464 g/mol. The van der Waals surface area contributed by atoms with Gasteiger partial charge < -0.3 is 19.6 Å². The molecule has 6 nitrogen and oxygen atoms in total. The first kappa shape index (κ1) is 26.3. The summed E-state index contributed by atoms with van der Waals surface area (Å²) in [5.41, 5.74) is 4.32. The lowest BCUT2D eigenvalue weighted by atomic mass is 10.0. The lowest BCUT2D eigenvalue weighted by Gasteiger charge is -2.23. The normalized spacial score (nSPS) is 15.8. The maximum absolute atomic E-state index is 12.9. The van der Waals surface area contributed by atoms with Gasteiger partial charge in [0.1, 0.15) is 5.75 Å². The molecule has 194 valence electrons. The van der Waals surface area contributed by atoms with Crippen LogP contribution < -0.4 is 4.74 Å². The molecule has 1 aliphatic heterocycles. The van der Waals surface area contributed by atoms with Gasteiger partial charge in [0.05, 0.1) is 6.04 Å². The van der Waals surface area contributed by atoms with Gasteiger partial charge in [-0.15, -0.1) is 0 Å². The number of benzene rings is 3. The number of nitrogens with zero attached hydrogens (tertiary/aromatic N) is 2. The SMILES string of the molecule is Cc1cc(CCCC2CN(Cc3ccc(-c4ccccc4)cc3)C(=O)N2C)ccc1OC(C)(C)C(=O)O. The van der Waals surface area contributed by atoms with Crippen molar-refractivity contribution in [1.29, 1.82) is 0 Å². The summed E-state index contributed by atoms with van der Waals surface area (Å²) in [7, 11) is 1.89. The lowest BCUT2D eigenvalue weighted by molar-refractivity contribution is -0.152.